The van der Waals surface area contributed by atoms with Gasteiger partial charge in [0.25, 0.3) is 0 Å². The highest BCUT2D eigenvalue weighted by molar-refractivity contribution is 7.89. The Morgan fingerprint density at radius 3 is 2.24 bits per heavy atom. The topological polar surface area (TPSA) is 80.2 Å². The van der Waals surface area contributed by atoms with Crippen molar-refractivity contribution in [2.45, 2.75) is 48.8 Å². The third-order valence-corrected chi connectivity index (χ3v) is 8.82. The molecular formula is C25H20F5N3O3S. The summed E-state index contributed by atoms with van der Waals surface area (Å²) in [6.07, 6.45) is -1.77. The summed E-state index contributed by atoms with van der Waals surface area (Å²) in [7, 11) is -4.03. The maximum atomic E-state index is 14.5. The van der Waals surface area contributed by atoms with E-state index in [9.17, 15) is 35.2 Å². The van der Waals surface area contributed by atoms with Crippen LogP contribution in [0, 0.1) is 17.6 Å². The Morgan fingerprint density at radius 1 is 0.973 bits per heavy atom. The minimum Gasteiger partial charge on any atom is -0.298 e. The molecule has 37 heavy (non-hydrogen) atoms. The summed E-state index contributed by atoms with van der Waals surface area (Å²) in [6.45, 7) is 0. The lowest BCUT2D eigenvalue weighted by Crippen LogP contribution is -2.41. The summed E-state index contributed by atoms with van der Waals surface area (Å²) < 4.78 is 93.6. The van der Waals surface area contributed by atoms with Crippen LogP contribution in [-0.2, 0) is 27.4 Å². The van der Waals surface area contributed by atoms with E-state index in [2.05, 4.69) is 9.97 Å². The number of benzene rings is 2. The average Bonchev–Trinajstić information content (AvgIpc) is 3.41. The van der Waals surface area contributed by atoms with Crippen molar-refractivity contribution in [2.24, 2.45) is 5.92 Å². The number of ketones is 1. The summed E-state index contributed by atoms with van der Waals surface area (Å²) in [6, 6.07) is 7.14. The van der Waals surface area contributed by atoms with E-state index in [1.165, 1.54) is 16.4 Å². The number of fused-ring (bicyclic) bond motifs is 1. The lowest BCUT2D eigenvalue weighted by atomic mass is 9.81. The molecule has 3 heterocycles. The third-order valence-electron chi connectivity index (χ3n) is 6.87. The molecule has 1 atom stereocenters. The highest BCUT2D eigenvalue weighted by atomic mass is 32.2. The van der Waals surface area contributed by atoms with Crippen LogP contribution < -0.4 is 0 Å². The molecule has 3 aromatic rings. The Balaban J connectivity index is 1.32. The molecule has 0 unspecified atom stereocenters. The maximum Gasteiger partial charge on any atom is 0.451 e. The number of sulfonamides is 1. The Hall–Kier alpha value is -3.25. The van der Waals surface area contributed by atoms with Crippen molar-refractivity contribution in [3.63, 3.8) is 0 Å². The molecule has 1 aliphatic carbocycles. The van der Waals surface area contributed by atoms with Gasteiger partial charge in [0.15, 0.2) is 5.78 Å². The van der Waals surface area contributed by atoms with Crippen LogP contribution in [0.5, 0.6) is 0 Å². The average molecular weight is 538 g/mol. The van der Waals surface area contributed by atoms with Gasteiger partial charge in [0.1, 0.15) is 11.6 Å². The van der Waals surface area contributed by atoms with Crippen molar-refractivity contribution in [3.8, 4) is 11.1 Å². The second-order valence-corrected chi connectivity index (χ2v) is 11.0. The van der Waals surface area contributed by atoms with Gasteiger partial charge in [-0.05, 0) is 72.7 Å². The predicted octanol–water partition coefficient (Wildman–Crippen LogP) is 4.79. The fourth-order valence-corrected chi connectivity index (χ4v) is 6.86. The van der Waals surface area contributed by atoms with Crippen LogP contribution in [0.3, 0.4) is 0 Å². The van der Waals surface area contributed by atoms with Gasteiger partial charge in [-0.25, -0.2) is 27.2 Å². The standard InChI is InChI=1S/C25H20F5N3O3S/c26-18-3-5-20(6-4-18)37(35,36)33-19-10-16(11-19)23(33)22(34)8-2-15-9-14(1-7-21(15)27)17-12-31-24(32-13-17)25(28,29)30/h1,3-7,9,12-13,16,19,23H,2,8,10-11H2/t16?,19?,23-/m0/s1. The van der Waals surface area contributed by atoms with Crippen molar-refractivity contribution in [2.75, 3.05) is 0 Å². The van der Waals surface area contributed by atoms with Gasteiger partial charge < -0.3 is 0 Å². The van der Waals surface area contributed by atoms with Crippen LogP contribution in [0.1, 0.15) is 30.7 Å². The van der Waals surface area contributed by atoms with Crippen LogP contribution in [0.4, 0.5) is 22.0 Å². The quantitative estimate of drug-likeness (QED) is 0.405. The summed E-state index contributed by atoms with van der Waals surface area (Å²) in [4.78, 5) is 19.7. The monoisotopic (exact) mass is 537 g/mol. The predicted molar refractivity (Wildman–Crippen MR) is 121 cm³/mol. The lowest BCUT2D eigenvalue weighted by molar-refractivity contribution is -0.145. The first kappa shape index (κ1) is 25.4. The number of carbonyl (C=O) groups is 1. The van der Waals surface area contributed by atoms with Crippen molar-refractivity contribution in [1.29, 1.82) is 0 Å². The van der Waals surface area contributed by atoms with Crippen molar-refractivity contribution in [1.82, 2.24) is 14.3 Å². The van der Waals surface area contributed by atoms with E-state index in [0.29, 0.717) is 18.4 Å². The molecule has 194 valence electrons. The van der Waals surface area contributed by atoms with Gasteiger partial charge in [-0.15, -0.1) is 0 Å². The van der Waals surface area contributed by atoms with Crippen LogP contribution in [0.2, 0.25) is 0 Å². The number of hydrogen-bond donors (Lipinski definition) is 0. The molecule has 0 N–H and O–H groups in total. The molecule has 6 nitrogen and oxygen atoms in total. The van der Waals surface area contributed by atoms with E-state index in [1.807, 2.05) is 0 Å². The summed E-state index contributed by atoms with van der Waals surface area (Å²) in [5.74, 6) is -2.95. The highest BCUT2D eigenvalue weighted by Gasteiger charge is 2.58. The Kier molecular flexibility index (Phi) is 6.35. The number of nitrogens with zero attached hydrogens (tertiary/aromatic N) is 3. The van der Waals surface area contributed by atoms with Gasteiger partial charge >= 0.3 is 6.18 Å². The molecule has 0 spiro atoms. The molecule has 3 aliphatic rings. The number of halogens is 5. The Bertz CT molecular complexity index is 1440. The van der Waals surface area contributed by atoms with Crippen LogP contribution >= 0.6 is 0 Å². The van der Waals surface area contributed by atoms with E-state index in [-0.39, 0.29) is 46.6 Å². The first-order valence-electron chi connectivity index (χ1n) is 11.4. The van der Waals surface area contributed by atoms with Crippen molar-refractivity contribution < 1.29 is 35.2 Å². The van der Waals surface area contributed by atoms with E-state index in [4.69, 9.17) is 0 Å². The van der Waals surface area contributed by atoms with E-state index < -0.39 is 39.7 Å². The van der Waals surface area contributed by atoms with E-state index in [1.54, 1.807) is 0 Å². The molecule has 0 radical (unpaired) electrons. The summed E-state index contributed by atoms with van der Waals surface area (Å²) in [5, 5.41) is 0. The number of hydrogen-bond acceptors (Lipinski definition) is 5. The van der Waals surface area contributed by atoms with Crippen molar-refractivity contribution in [3.05, 3.63) is 77.9 Å². The number of rotatable bonds is 7. The molecule has 3 fully saturated rings. The smallest absolute Gasteiger partial charge is 0.298 e. The molecule has 1 aromatic heterocycles. The Labute approximate surface area is 209 Å². The molecular weight excluding hydrogens is 517 g/mol. The van der Waals surface area contributed by atoms with Gasteiger partial charge in [0, 0.05) is 30.4 Å². The second-order valence-electron chi connectivity index (χ2n) is 9.18. The molecule has 2 aromatic carbocycles. The largest absolute Gasteiger partial charge is 0.451 e. The number of aromatic nitrogens is 2. The van der Waals surface area contributed by atoms with E-state index in [0.717, 1.165) is 42.7 Å². The minimum atomic E-state index is -4.69. The lowest BCUT2D eigenvalue weighted by Gasteiger charge is -2.25. The zero-order chi connectivity index (χ0) is 26.5. The first-order chi connectivity index (χ1) is 17.4. The normalized spacial score (nSPS) is 21.6. The zero-order valence-electron chi connectivity index (χ0n) is 19.1. The molecule has 6 rings (SSSR count). The maximum absolute atomic E-state index is 14.5. The summed E-state index contributed by atoms with van der Waals surface area (Å²) in [5.41, 5.74) is 0.777. The molecule has 0 amide bonds. The number of carbonyl (C=O) groups excluding carboxylic acids is 1. The Morgan fingerprint density at radius 2 is 1.62 bits per heavy atom. The van der Waals surface area contributed by atoms with Gasteiger partial charge in [0.2, 0.25) is 15.8 Å². The van der Waals surface area contributed by atoms with Gasteiger partial charge in [-0.3, -0.25) is 4.79 Å². The van der Waals surface area contributed by atoms with E-state index >= 15 is 0 Å². The molecule has 2 aliphatic heterocycles. The summed E-state index contributed by atoms with van der Waals surface area (Å²) >= 11 is 0. The number of aryl methyl sites for hydroxylation is 1. The fraction of sp³-hybridized carbons (Fsp3) is 0.320. The molecule has 1 saturated carbocycles. The highest BCUT2D eigenvalue weighted by Crippen LogP contribution is 2.49. The van der Waals surface area contributed by atoms with Crippen LogP contribution in [0.25, 0.3) is 11.1 Å². The molecule has 2 bridgehead atoms. The fourth-order valence-electron chi connectivity index (χ4n) is 4.98. The molecule has 12 heteroatoms. The third kappa shape index (κ3) is 4.75. The number of Topliss-reactive ketones (excluding diaryl/α,β-unsaturated/α-hetero) is 1. The first-order valence-corrected chi connectivity index (χ1v) is 12.9. The van der Waals surface area contributed by atoms with Crippen LogP contribution in [-0.4, -0.2) is 40.6 Å². The second kappa shape index (κ2) is 9.25. The van der Waals surface area contributed by atoms with Gasteiger partial charge in [-0.2, -0.15) is 17.5 Å². The zero-order valence-corrected chi connectivity index (χ0v) is 19.9. The van der Waals surface area contributed by atoms with Crippen LogP contribution in [0.15, 0.2) is 59.8 Å². The molecule has 2 saturated heterocycles. The minimum absolute atomic E-state index is 0.0294. The van der Waals surface area contributed by atoms with Crippen molar-refractivity contribution >= 4 is 15.8 Å². The van der Waals surface area contributed by atoms with Gasteiger partial charge in [-0.1, -0.05) is 6.07 Å². The van der Waals surface area contributed by atoms with Gasteiger partial charge in [0.05, 0.1) is 10.9 Å². The SMILES string of the molecule is O=C(CCc1cc(-c2cnc(C(F)(F)F)nc2)ccc1F)[C@@H]1C2CC(C2)N1S(=O)(=O)c1ccc(F)cc1. The number of alkyl halides is 3.